The fourth-order valence-corrected chi connectivity index (χ4v) is 3.62. The van der Waals surface area contributed by atoms with Gasteiger partial charge in [-0.3, -0.25) is 4.79 Å². The van der Waals surface area contributed by atoms with Gasteiger partial charge in [0.2, 0.25) is 15.9 Å². The summed E-state index contributed by atoms with van der Waals surface area (Å²) in [6.07, 6.45) is 5.32. The Morgan fingerprint density at radius 1 is 1.05 bits per heavy atom. The second-order valence-electron chi connectivity index (χ2n) is 5.34. The quantitative estimate of drug-likeness (QED) is 0.785. The van der Waals surface area contributed by atoms with Crippen molar-refractivity contribution in [2.24, 2.45) is 5.92 Å². The van der Waals surface area contributed by atoms with Crippen molar-refractivity contribution in [1.29, 1.82) is 0 Å². The van der Waals surface area contributed by atoms with Crippen LogP contribution in [0.25, 0.3) is 0 Å². The first-order valence-corrected chi connectivity index (χ1v) is 8.90. The van der Waals surface area contributed by atoms with E-state index in [4.69, 9.17) is 0 Å². The number of rotatable bonds is 6. The lowest BCUT2D eigenvalue weighted by atomic mass is 9.89. The third-order valence-electron chi connectivity index (χ3n) is 3.75. The molecule has 6 heteroatoms. The summed E-state index contributed by atoms with van der Waals surface area (Å²) in [5.41, 5.74) is 0. The van der Waals surface area contributed by atoms with E-state index >= 15 is 0 Å². The molecule has 1 aliphatic carbocycles. The number of amides is 1. The van der Waals surface area contributed by atoms with Gasteiger partial charge in [-0.05, 0) is 25.0 Å². The van der Waals surface area contributed by atoms with Crippen molar-refractivity contribution in [2.75, 3.05) is 13.1 Å². The number of carbonyl (C=O) groups is 1. The van der Waals surface area contributed by atoms with Crippen molar-refractivity contribution < 1.29 is 13.2 Å². The van der Waals surface area contributed by atoms with Gasteiger partial charge in [-0.15, -0.1) is 0 Å². The minimum atomic E-state index is -3.48. The van der Waals surface area contributed by atoms with E-state index in [1.165, 1.54) is 6.42 Å². The van der Waals surface area contributed by atoms with Crippen molar-refractivity contribution in [3.63, 3.8) is 0 Å². The van der Waals surface area contributed by atoms with Crippen LogP contribution in [0.1, 0.15) is 32.1 Å². The van der Waals surface area contributed by atoms with Crippen LogP contribution in [0.5, 0.6) is 0 Å². The number of nitrogens with one attached hydrogen (secondary N) is 2. The van der Waals surface area contributed by atoms with Gasteiger partial charge in [0, 0.05) is 19.0 Å². The van der Waals surface area contributed by atoms with E-state index in [0.29, 0.717) is 6.54 Å². The summed E-state index contributed by atoms with van der Waals surface area (Å²) in [5.74, 6) is 0.151. The van der Waals surface area contributed by atoms with E-state index in [1.807, 2.05) is 0 Å². The highest BCUT2D eigenvalue weighted by Crippen LogP contribution is 2.23. The highest BCUT2D eigenvalue weighted by Gasteiger charge is 2.20. The van der Waals surface area contributed by atoms with Gasteiger partial charge in [0.05, 0.1) is 4.90 Å². The molecular formula is C15H22N2O3S. The van der Waals surface area contributed by atoms with Crippen molar-refractivity contribution in [2.45, 2.75) is 37.0 Å². The summed E-state index contributed by atoms with van der Waals surface area (Å²) in [6.45, 7) is 0.525. The predicted molar refractivity (Wildman–Crippen MR) is 81.2 cm³/mol. The second kappa shape index (κ2) is 7.56. The standard InChI is InChI=1S/C15H22N2O3S/c18-15(13-7-3-1-4-8-13)16-11-12-17-21(19,20)14-9-5-2-6-10-14/h2,5-6,9-10,13,17H,1,3-4,7-8,11-12H2,(H,16,18). The van der Waals surface area contributed by atoms with Gasteiger partial charge in [0.1, 0.15) is 0 Å². The largest absolute Gasteiger partial charge is 0.355 e. The Kier molecular flexibility index (Phi) is 5.76. The summed E-state index contributed by atoms with van der Waals surface area (Å²) in [5, 5.41) is 2.81. The third-order valence-corrected chi connectivity index (χ3v) is 5.22. The molecule has 1 amide bonds. The Bertz CT molecular complexity index is 552. The average Bonchev–Trinajstić information content (AvgIpc) is 2.53. The number of hydrogen-bond acceptors (Lipinski definition) is 3. The van der Waals surface area contributed by atoms with Crippen LogP contribution in [0.3, 0.4) is 0 Å². The van der Waals surface area contributed by atoms with Crippen LogP contribution in [0, 0.1) is 5.92 Å². The van der Waals surface area contributed by atoms with Crippen LogP contribution in [0.15, 0.2) is 35.2 Å². The Morgan fingerprint density at radius 2 is 1.71 bits per heavy atom. The normalized spacial score (nSPS) is 16.6. The maximum atomic E-state index is 12.0. The minimum Gasteiger partial charge on any atom is -0.355 e. The van der Waals surface area contributed by atoms with E-state index < -0.39 is 10.0 Å². The molecule has 2 N–H and O–H groups in total. The molecule has 0 spiro atoms. The first-order valence-electron chi connectivity index (χ1n) is 7.42. The molecule has 0 aliphatic heterocycles. The molecule has 1 aromatic rings. The van der Waals surface area contributed by atoms with E-state index in [0.717, 1.165) is 25.7 Å². The molecule has 2 rings (SSSR count). The molecule has 0 aromatic heterocycles. The molecule has 0 bridgehead atoms. The predicted octanol–water partition coefficient (Wildman–Crippen LogP) is 1.66. The van der Waals surface area contributed by atoms with Crippen LogP contribution >= 0.6 is 0 Å². The molecule has 1 aliphatic rings. The van der Waals surface area contributed by atoms with Crippen LogP contribution in [0.2, 0.25) is 0 Å². The van der Waals surface area contributed by atoms with Gasteiger partial charge in [-0.25, -0.2) is 13.1 Å². The monoisotopic (exact) mass is 310 g/mol. The fourth-order valence-electron chi connectivity index (χ4n) is 2.56. The Morgan fingerprint density at radius 3 is 2.38 bits per heavy atom. The van der Waals surface area contributed by atoms with Gasteiger partial charge in [-0.1, -0.05) is 37.5 Å². The zero-order valence-electron chi connectivity index (χ0n) is 12.0. The zero-order chi connectivity index (χ0) is 15.1. The number of sulfonamides is 1. The van der Waals surface area contributed by atoms with Gasteiger partial charge >= 0.3 is 0 Å². The zero-order valence-corrected chi connectivity index (χ0v) is 12.9. The number of benzene rings is 1. The highest BCUT2D eigenvalue weighted by molar-refractivity contribution is 7.89. The summed E-state index contributed by atoms with van der Waals surface area (Å²) < 4.78 is 26.4. The van der Waals surface area contributed by atoms with Crippen molar-refractivity contribution >= 4 is 15.9 Å². The number of carbonyl (C=O) groups excluding carboxylic acids is 1. The Balaban J connectivity index is 1.73. The minimum absolute atomic E-state index is 0.0496. The third kappa shape index (κ3) is 4.82. The molecule has 0 heterocycles. The summed E-state index contributed by atoms with van der Waals surface area (Å²) in [6, 6.07) is 8.22. The average molecular weight is 310 g/mol. The second-order valence-corrected chi connectivity index (χ2v) is 7.10. The lowest BCUT2D eigenvalue weighted by Gasteiger charge is -2.20. The fraction of sp³-hybridized carbons (Fsp3) is 0.533. The molecule has 1 fully saturated rings. The maximum absolute atomic E-state index is 12.0. The topological polar surface area (TPSA) is 75.3 Å². The van der Waals surface area contributed by atoms with Crippen molar-refractivity contribution in [3.8, 4) is 0 Å². The van der Waals surface area contributed by atoms with Crippen LogP contribution in [0.4, 0.5) is 0 Å². The van der Waals surface area contributed by atoms with Crippen LogP contribution < -0.4 is 10.0 Å². The summed E-state index contributed by atoms with van der Waals surface area (Å²) >= 11 is 0. The molecule has 0 saturated heterocycles. The van der Waals surface area contributed by atoms with Crippen LogP contribution in [-0.2, 0) is 14.8 Å². The first-order chi connectivity index (χ1) is 10.1. The maximum Gasteiger partial charge on any atom is 0.240 e. The Labute approximate surface area is 126 Å². The first kappa shape index (κ1) is 16.0. The molecule has 21 heavy (non-hydrogen) atoms. The van der Waals surface area contributed by atoms with E-state index in [9.17, 15) is 13.2 Å². The molecule has 5 nitrogen and oxygen atoms in total. The molecule has 0 radical (unpaired) electrons. The lowest BCUT2D eigenvalue weighted by Crippen LogP contribution is -2.38. The molecule has 0 atom stereocenters. The molecular weight excluding hydrogens is 288 g/mol. The van der Waals surface area contributed by atoms with Gasteiger partial charge in [0.15, 0.2) is 0 Å². The van der Waals surface area contributed by atoms with Crippen LogP contribution in [-0.4, -0.2) is 27.4 Å². The van der Waals surface area contributed by atoms with E-state index in [-0.39, 0.29) is 23.3 Å². The van der Waals surface area contributed by atoms with E-state index in [1.54, 1.807) is 30.3 Å². The van der Waals surface area contributed by atoms with E-state index in [2.05, 4.69) is 10.0 Å². The lowest BCUT2D eigenvalue weighted by molar-refractivity contribution is -0.125. The molecule has 1 saturated carbocycles. The van der Waals surface area contributed by atoms with Gasteiger partial charge < -0.3 is 5.32 Å². The molecule has 0 unspecified atom stereocenters. The van der Waals surface area contributed by atoms with Gasteiger partial charge in [-0.2, -0.15) is 0 Å². The molecule has 116 valence electrons. The van der Waals surface area contributed by atoms with Crippen molar-refractivity contribution in [1.82, 2.24) is 10.0 Å². The smallest absolute Gasteiger partial charge is 0.240 e. The summed E-state index contributed by atoms with van der Waals surface area (Å²) in [7, 11) is -3.48. The molecule has 1 aromatic carbocycles. The SMILES string of the molecule is O=C(NCCNS(=O)(=O)c1ccccc1)C1CCCCC1. The van der Waals surface area contributed by atoms with Gasteiger partial charge in [0.25, 0.3) is 0 Å². The Hall–Kier alpha value is -1.40. The number of hydrogen-bond donors (Lipinski definition) is 2. The van der Waals surface area contributed by atoms with Crippen molar-refractivity contribution in [3.05, 3.63) is 30.3 Å². The highest BCUT2D eigenvalue weighted by atomic mass is 32.2. The summed E-state index contributed by atoms with van der Waals surface area (Å²) in [4.78, 5) is 12.1.